The van der Waals surface area contributed by atoms with Crippen molar-refractivity contribution in [3.63, 3.8) is 0 Å². The van der Waals surface area contributed by atoms with Crippen LogP contribution in [0.3, 0.4) is 0 Å². The van der Waals surface area contributed by atoms with E-state index in [0.717, 1.165) is 18.8 Å². The summed E-state index contributed by atoms with van der Waals surface area (Å²) in [6.07, 6.45) is 11.5. The molecule has 2 fully saturated rings. The Morgan fingerprint density at radius 1 is 1.08 bits per heavy atom. The first-order valence-corrected chi connectivity index (χ1v) is 9.78. The first-order valence-electron chi connectivity index (χ1n) is 9.78. The summed E-state index contributed by atoms with van der Waals surface area (Å²) < 4.78 is 0. The van der Waals surface area contributed by atoms with Gasteiger partial charge in [0, 0.05) is 24.6 Å². The van der Waals surface area contributed by atoms with E-state index in [-0.39, 0.29) is 0 Å². The van der Waals surface area contributed by atoms with Gasteiger partial charge < -0.3 is 15.5 Å². The molecule has 5 nitrogen and oxygen atoms in total. The molecule has 0 bridgehead atoms. The zero-order chi connectivity index (χ0) is 16.6. The summed E-state index contributed by atoms with van der Waals surface area (Å²) in [5, 5.41) is 0. The van der Waals surface area contributed by atoms with Gasteiger partial charge in [-0.3, -0.25) is 0 Å². The fourth-order valence-electron chi connectivity index (χ4n) is 4.98. The SMILES string of the molecule is CN(CCCN1CCC1)c1nc(N)nc2c1CCCC21CCCC1. The molecule has 2 N–H and O–H groups in total. The van der Waals surface area contributed by atoms with Crippen LogP contribution in [0, 0.1) is 0 Å². The molecule has 132 valence electrons. The van der Waals surface area contributed by atoms with Gasteiger partial charge >= 0.3 is 0 Å². The molecule has 1 saturated carbocycles. The van der Waals surface area contributed by atoms with E-state index in [4.69, 9.17) is 10.7 Å². The van der Waals surface area contributed by atoms with E-state index < -0.39 is 0 Å². The van der Waals surface area contributed by atoms with E-state index >= 15 is 0 Å². The molecule has 1 aromatic rings. The number of hydrogen-bond donors (Lipinski definition) is 1. The summed E-state index contributed by atoms with van der Waals surface area (Å²) in [7, 11) is 2.17. The minimum atomic E-state index is 0.303. The quantitative estimate of drug-likeness (QED) is 0.900. The van der Waals surface area contributed by atoms with E-state index in [0.29, 0.717) is 11.4 Å². The van der Waals surface area contributed by atoms with E-state index in [1.54, 1.807) is 0 Å². The number of nitrogen functional groups attached to an aromatic ring is 1. The molecule has 1 saturated heterocycles. The van der Waals surface area contributed by atoms with Gasteiger partial charge in [-0.2, -0.15) is 4.98 Å². The summed E-state index contributed by atoms with van der Waals surface area (Å²) in [6.45, 7) is 4.81. The minimum Gasteiger partial charge on any atom is -0.368 e. The molecule has 0 aromatic carbocycles. The Labute approximate surface area is 145 Å². The second-order valence-electron chi connectivity index (χ2n) is 8.04. The van der Waals surface area contributed by atoms with Gasteiger partial charge in [0.25, 0.3) is 0 Å². The van der Waals surface area contributed by atoms with Crippen molar-refractivity contribution in [1.29, 1.82) is 0 Å². The third-order valence-electron chi connectivity index (χ3n) is 6.43. The predicted molar refractivity (Wildman–Crippen MR) is 98.5 cm³/mol. The van der Waals surface area contributed by atoms with Crippen molar-refractivity contribution >= 4 is 11.8 Å². The van der Waals surface area contributed by atoms with Gasteiger partial charge in [-0.1, -0.05) is 12.8 Å². The molecule has 3 aliphatic rings. The maximum atomic E-state index is 6.12. The highest BCUT2D eigenvalue weighted by Gasteiger charge is 2.42. The molecule has 2 aliphatic carbocycles. The summed E-state index contributed by atoms with van der Waals surface area (Å²) in [5.41, 5.74) is 9.11. The highest BCUT2D eigenvalue weighted by molar-refractivity contribution is 5.54. The molecule has 0 radical (unpaired) electrons. The van der Waals surface area contributed by atoms with Crippen LogP contribution >= 0.6 is 0 Å². The number of hydrogen-bond acceptors (Lipinski definition) is 5. The Morgan fingerprint density at radius 3 is 2.54 bits per heavy atom. The normalized spacial score (nSPS) is 22.4. The van der Waals surface area contributed by atoms with Crippen LogP contribution in [0.4, 0.5) is 11.8 Å². The van der Waals surface area contributed by atoms with Gasteiger partial charge in [-0.25, -0.2) is 4.98 Å². The number of anilines is 2. The summed E-state index contributed by atoms with van der Waals surface area (Å²) >= 11 is 0. The lowest BCUT2D eigenvalue weighted by atomic mass is 9.71. The second kappa shape index (κ2) is 6.51. The molecular formula is C19H31N5. The van der Waals surface area contributed by atoms with Crippen LogP contribution in [-0.4, -0.2) is 48.1 Å². The number of nitrogens with two attached hydrogens (primary N) is 1. The minimum absolute atomic E-state index is 0.303. The number of rotatable bonds is 5. The largest absolute Gasteiger partial charge is 0.368 e. The molecule has 24 heavy (non-hydrogen) atoms. The average Bonchev–Trinajstić information content (AvgIpc) is 2.99. The summed E-state index contributed by atoms with van der Waals surface area (Å²) in [6, 6.07) is 0. The number of likely N-dealkylation sites (tertiary alicyclic amines) is 1. The van der Waals surface area contributed by atoms with Crippen molar-refractivity contribution in [2.45, 2.75) is 63.2 Å². The Balaban J connectivity index is 1.55. The smallest absolute Gasteiger partial charge is 0.222 e. The fourth-order valence-corrected chi connectivity index (χ4v) is 4.98. The van der Waals surface area contributed by atoms with Gasteiger partial charge in [-0.15, -0.1) is 0 Å². The second-order valence-corrected chi connectivity index (χ2v) is 8.04. The molecule has 2 heterocycles. The van der Waals surface area contributed by atoms with Crippen molar-refractivity contribution in [2.24, 2.45) is 0 Å². The Hall–Kier alpha value is -1.36. The summed E-state index contributed by atoms with van der Waals surface area (Å²) in [4.78, 5) is 14.3. The molecule has 4 rings (SSSR count). The first kappa shape index (κ1) is 16.1. The summed E-state index contributed by atoms with van der Waals surface area (Å²) in [5.74, 6) is 1.57. The lowest BCUT2D eigenvalue weighted by Gasteiger charge is -2.37. The molecule has 0 unspecified atom stereocenters. The van der Waals surface area contributed by atoms with Crippen LogP contribution < -0.4 is 10.6 Å². The van der Waals surface area contributed by atoms with Gasteiger partial charge in [0.05, 0.1) is 5.69 Å². The average molecular weight is 329 g/mol. The number of nitrogens with zero attached hydrogens (tertiary/aromatic N) is 4. The first-order chi connectivity index (χ1) is 11.7. The van der Waals surface area contributed by atoms with Crippen LogP contribution in [-0.2, 0) is 11.8 Å². The van der Waals surface area contributed by atoms with E-state index in [2.05, 4.69) is 21.8 Å². The maximum Gasteiger partial charge on any atom is 0.222 e. The third-order valence-corrected chi connectivity index (χ3v) is 6.43. The van der Waals surface area contributed by atoms with Crippen LogP contribution in [0.2, 0.25) is 0 Å². The van der Waals surface area contributed by atoms with Gasteiger partial charge in [0.1, 0.15) is 5.82 Å². The lowest BCUT2D eigenvalue weighted by molar-refractivity contribution is 0.180. The molecule has 1 aliphatic heterocycles. The van der Waals surface area contributed by atoms with Crippen molar-refractivity contribution in [2.75, 3.05) is 43.9 Å². The van der Waals surface area contributed by atoms with E-state index in [9.17, 15) is 0 Å². The zero-order valence-corrected chi connectivity index (χ0v) is 15.1. The highest BCUT2D eigenvalue weighted by atomic mass is 15.2. The maximum absolute atomic E-state index is 6.12. The van der Waals surface area contributed by atoms with Gasteiger partial charge in [-0.05, 0) is 64.6 Å². The standard InChI is InChI=1S/C19H31N5/c1-23(11-5-12-24-13-6-14-24)17-15-7-4-10-19(8-2-3-9-19)16(15)21-18(20)22-17/h2-14H2,1H3,(H2,20,21,22). The Kier molecular flexibility index (Phi) is 4.37. The van der Waals surface area contributed by atoms with Crippen molar-refractivity contribution < 1.29 is 0 Å². The molecule has 0 atom stereocenters. The monoisotopic (exact) mass is 329 g/mol. The van der Waals surface area contributed by atoms with Crippen LogP contribution in [0.5, 0.6) is 0 Å². The van der Waals surface area contributed by atoms with Crippen LogP contribution in [0.15, 0.2) is 0 Å². The van der Waals surface area contributed by atoms with Crippen LogP contribution in [0.25, 0.3) is 0 Å². The number of fused-ring (bicyclic) bond motifs is 2. The van der Waals surface area contributed by atoms with Crippen molar-refractivity contribution in [1.82, 2.24) is 14.9 Å². The van der Waals surface area contributed by atoms with Gasteiger partial charge in [0.2, 0.25) is 5.95 Å². The van der Waals surface area contributed by atoms with Gasteiger partial charge in [0.15, 0.2) is 0 Å². The Bertz CT molecular complexity index is 590. The Morgan fingerprint density at radius 2 is 1.83 bits per heavy atom. The number of aromatic nitrogens is 2. The third kappa shape index (κ3) is 2.87. The van der Waals surface area contributed by atoms with E-state index in [1.807, 2.05) is 0 Å². The molecule has 0 amide bonds. The predicted octanol–water partition coefficient (Wildman–Crippen LogP) is 2.74. The highest BCUT2D eigenvalue weighted by Crippen LogP contribution is 2.49. The van der Waals surface area contributed by atoms with E-state index in [1.165, 1.54) is 82.3 Å². The van der Waals surface area contributed by atoms with Crippen molar-refractivity contribution in [3.8, 4) is 0 Å². The molecule has 1 spiro atoms. The van der Waals surface area contributed by atoms with Crippen molar-refractivity contribution in [3.05, 3.63) is 11.3 Å². The molecular weight excluding hydrogens is 298 g/mol. The lowest BCUT2D eigenvalue weighted by Crippen LogP contribution is -2.39. The zero-order valence-electron chi connectivity index (χ0n) is 15.1. The fraction of sp³-hybridized carbons (Fsp3) is 0.789. The topological polar surface area (TPSA) is 58.3 Å². The van der Waals surface area contributed by atoms with Crippen LogP contribution in [0.1, 0.15) is 62.6 Å². The molecule has 5 heteroatoms. The molecule has 1 aromatic heterocycles.